The SMILES string of the molecule is OCC1(Cc2scnc2C2CC2)CC1. The van der Waals surface area contributed by atoms with E-state index in [-0.39, 0.29) is 5.41 Å². The first-order chi connectivity index (χ1) is 6.83. The number of nitrogens with zero attached hydrogens (tertiary/aromatic N) is 1. The fourth-order valence-corrected chi connectivity index (χ4v) is 3.03. The lowest BCUT2D eigenvalue weighted by molar-refractivity contribution is 0.211. The molecule has 2 nitrogen and oxygen atoms in total. The minimum atomic E-state index is 0.246. The molecule has 3 rings (SSSR count). The van der Waals surface area contributed by atoms with Gasteiger partial charge >= 0.3 is 0 Å². The van der Waals surface area contributed by atoms with Crippen LogP contribution in [-0.4, -0.2) is 16.7 Å². The van der Waals surface area contributed by atoms with E-state index in [0.717, 1.165) is 12.3 Å². The van der Waals surface area contributed by atoms with Gasteiger partial charge in [0.2, 0.25) is 0 Å². The summed E-state index contributed by atoms with van der Waals surface area (Å²) in [5.41, 5.74) is 3.56. The quantitative estimate of drug-likeness (QED) is 0.825. The van der Waals surface area contributed by atoms with Gasteiger partial charge in [0.05, 0.1) is 11.2 Å². The third-order valence-electron chi connectivity index (χ3n) is 3.46. The van der Waals surface area contributed by atoms with Crippen LogP contribution in [0, 0.1) is 5.41 Å². The van der Waals surface area contributed by atoms with E-state index in [4.69, 9.17) is 0 Å². The molecule has 0 aromatic carbocycles. The molecule has 3 heteroatoms. The summed E-state index contributed by atoms with van der Waals surface area (Å²) in [5.74, 6) is 0.755. The largest absolute Gasteiger partial charge is 0.396 e. The Morgan fingerprint density at radius 1 is 1.50 bits per heavy atom. The van der Waals surface area contributed by atoms with E-state index in [0.29, 0.717) is 6.61 Å². The number of aromatic nitrogens is 1. The van der Waals surface area contributed by atoms with Crippen LogP contribution in [0.3, 0.4) is 0 Å². The third kappa shape index (κ3) is 1.48. The molecule has 0 spiro atoms. The van der Waals surface area contributed by atoms with Crippen molar-refractivity contribution < 1.29 is 5.11 Å². The second kappa shape index (κ2) is 3.04. The zero-order chi connectivity index (χ0) is 9.60. The van der Waals surface area contributed by atoms with Crippen LogP contribution in [0.5, 0.6) is 0 Å². The molecule has 0 bridgehead atoms. The van der Waals surface area contributed by atoms with Crippen LogP contribution in [0.25, 0.3) is 0 Å². The van der Waals surface area contributed by atoms with Crippen molar-refractivity contribution in [2.24, 2.45) is 5.41 Å². The Bertz CT molecular complexity index is 339. The van der Waals surface area contributed by atoms with Crippen LogP contribution in [-0.2, 0) is 6.42 Å². The summed E-state index contributed by atoms with van der Waals surface area (Å²) in [5, 5.41) is 9.28. The molecule has 76 valence electrons. The molecule has 0 unspecified atom stereocenters. The first-order valence-electron chi connectivity index (χ1n) is 5.36. The van der Waals surface area contributed by atoms with Gasteiger partial charge in [0, 0.05) is 17.4 Å². The number of aliphatic hydroxyl groups is 1. The lowest BCUT2D eigenvalue weighted by atomic mass is 10.0. The molecule has 0 radical (unpaired) electrons. The van der Waals surface area contributed by atoms with Gasteiger partial charge in [-0.2, -0.15) is 0 Å². The van der Waals surface area contributed by atoms with Gasteiger partial charge in [-0.15, -0.1) is 11.3 Å². The highest BCUT2D eigenvalue weighted by Gasteiger charge is 2.43. The topological polar surface area (TPSA) is 33.1 Å². The van der Waals surface area contributed by atoms with E-state index in [1.165, 1.54) is 36.3 Å². The van der Waals surface area contributed by atoms with E-state index in [9.17, 15) is 5.11 Å². The van der Waals surface area contributed by atoms with E-state index < -0.39 is 0 Å². The van der Waals surface area contributed by atoms with Crippen molar-refractivity contribution in [1.29, 1.82) is 0 Å². The van der Waals surface area contributed by atoms with Gasteiger partial charge < -0.3 is 5.11 Å². The molecule has 0 amide bonds. The van der Waals surface area contributed by atoms with Crippen molar-refractivity contribution in [2.45, 2.75) is 38.0 Å². The standard InChI is InChI=1S/C11H15NOS/c13-6-11(3-4-11)5-9-10(8-1-2-8)12-7-14-9/h7-8,13H,1-6H2. The summed E-state index contributed by atoms with van der Waals surface area (Å²) in [7, 11) is 0. The van der Waals surface area contributed by atoms with E-state index >= 15 is 0 Å². The Labute approximate surface area is 88.0 Å². The minimum absolute atomic E-state index is 0.246. The van der Waals surface area contributed by atoms with Crippen molar-refractivity contribution in [3.05, 3.63) is 16.1 Å². The van der Waals surface area contributed by atoms with Crippen LogP contribution in [0.2, 0.25) is 0 Å². The molecule has 1 aromatic heterocycles. The second-order valence-electron chi connectivity index (χ2n) is 4.77. The highest BCUT2D eigenvalue weighted by atomic mass is 32.1. The average molecular weight is 209 g/mol. The monoisotopic (exact) mass is 209 g/mol. The first-order valence-corrected chi connectivity index (χ1v) is 6.24. The molecule has 0 atom stereocenters. The van der Waals surface area contributed by atoms with Gasteiger partial charge in [0.15, 0.2) is 0 Å². The molecule has 2 aliphatic rings. The maximum atomic E-state index is 9.28. The maximum Gasteiger partial charge on any atom is 0.0797 e. The van der Waals surface area contributed by atoms with E-state index in [1.807, 2.05) is 5.51 Å². The van der Waals surface area contributed by atoms with Crippen LogP contribution in [0.4, 0.5) is 0 Å². The Morgan fingerprint density at radius 2 is 2.29 bits per heavy atom. The van der Waals surface area contributed by atoms with Gasteiger partial charge in [-0.3, -0.25) is 0 Å². The lowest BCUT2D eigenvalue weighted by Gasteiger charge is -2.10. The average Bonchev–Trinajstić information content (AvgIpc) is 3.09. The summed E-state index contributed by atoms with van der Waals surface area (Å²) in [6.07, 6.45) is 6.11. The molecule has 1 heterocycles. The lowest BCUT2D eigenvalue weighted by Crippen LogP contribution is -2.10. The molecule has 1 aromatic rings. The Balaban J connectivity index is 1.78. The Morgan fingerprint density at radius 3 is 2.86 bits per heavy atom. The minimum Gasteiger partial charge on any atom is -0.396 e. The van der Waals surface area contributed by atoms with Crippen molar-refractivity contribution in [1.82, 2.24) is 4.98 Å². The van der Waals surface area contributed by atoms with Crippen molar-refractivity contribution in [2.75, 3.05) is 6.61 Å². The van der Waals surface area contributed by atoms with Crippen molar-refractivity contribution in [3.63, 3.8) is 0 Å². The molecular weight excluding hydrogens is 194 g/mol. The summed E-state index contributed by atoms with van der Waals surface area (Å²) >= 11 is 1.78. The van der Waals surface area contributed by atoms with Crippen molar-refractivity contribution in [3.8, 4) is 0 Å². The highest BCUT2D eigenvalue weighted by Crippen LogP contribution is 2.50. The van der Waals surface area contributed by atoms with Gasteiger partial charge in [-0.1, -0.05) is 0 Å². The Kier molecular flexibility index (Phi) is 1.92. The predicted octanol–water partition coefficient (Wildman–Crippen LogP) is 2.34. The number of aliphatic hydroxyl groups excluding tert-OH is 1. The molecule has 2 fully saturated rings. The molecule has 2 aliphatic carbocycles. The predicted molar refractivity (Wildman–Crippen MR) is 56.5 cm³/mol. The molecule has 0 saturated heterocycles. The fraction of sp³-hybridized carbons (Fsp3) is 0.727. The maximum absolute atomic E-state index is 9.28. The van der Waals surface area contributed by atoms with Gasteiger partial charge in [-0.05, 0) is 37.5 Å². The van der Waals surface area contributed by atoms with Gasteiger partial charge in [-0.25, -0.2) is 4.98 Å². The molecule has 14 heavy (non-hydrogen) atoms. The van der Waals surface area contributed by atoms with Crippen LogP contribution >= 0.6 is 11.3 Å². The first kappa shape index (κ1) is 8.86. The number of rotatable bonds is 4. The molecule has 1 N–H and O–H groups in total. The fourth-order valence-electron chi connectivity index (χ4n) is 2.01. The van der Waals surface area contributed by atoms with Gasteiger partial charge in [0.1, 0.15) is 0 Å². The number of thiazole rings is 1. The zero-order valence-electron chi connectivity index (χ0n) is 8.20. The Hall–Kier alpha value is -0.410. The molecule has 0 aliphatic heterocycles. The van der Waals surface area contributed by atoms with E-state index in [2.05, 4.69) is 4.98 Å². The molecular formula is C11H15NOS. The summed E-state index contributed by atoms with van der Waals surface area (Å²) in [6.45, 7) is 0.356. The summed E-state index contributed by atoms with van der Waals surface area (Å²) in [4.78, 5) is 5.90. The summed E-state index contributed by atoms with van der Waals surface area (Å²) < 4.78 is 0. The van der Waals surface area contributed by atoms with Crippen LogP contribution in [0.1, 0.15) is 42.2 Å². The van der Waals surface area contributed by atoms with Crippen molar-refractivity contribution >= 4 is 11.3 Å². The van der Waals surface area contributed by atoms with Crippen LogP contribution < -0.4 is 0 Å². The van der Waals surface area contributed by atoms with Gasteiger partial charge in [0.25, 0.3) is 0 Å². The number of hydrogen-bond donors (Lipinski definition) is 1. The van der Waals surface area contributed by atoms with E-state index in [1.54, 1.807) is 11.3 Å². The number of hydrogen-bond acceptors (Lipinski definition) is 3. The zero-order valence-corrected chi connectivity index (χ0v) is 9.02. The summed E-state index contributed by atoms with van der Waals surface area (Å²) in [6, 6.07) is 0. The molecule has 2 saturated carbocycles. The second-order valence-corrected chi connectivity index (χ2v) is 5.71. The normalized spacial score (nSPS) is 23.8. The van der Waals surface area contributed by atoms with Crippen LogP contribution in [0.15, 0.2) is 5.51 Å². The third-order valence-corrected chi connectivity index (χ3v) is 4.31. The highest BCUT2D eigenvalue weighted by molar-refractivity contribution is 7.09. The smallest absolute Gasteiger partial charge is 0.0797 e.